The maximum atomic E-state index is 11.1. The fourth-order valence-electron chi connectivity index (χ4n) is 2.54. The van der Waals surface area contributed by atoms with E-state index in [1.165, 1.54) is 23.5 Å². The van der Waals surface area contributed by atoms with Crippen LogP contribution in [0.3, 0.4) is 0 Å². The number of anilines is 1. The molecule has 0 fully saturated rings. The predicted molar refractivity (Wildman–Crippen MR) is 103 cm³/mol. The van der Waals surface area contributed by atoms with E-state index in [1.54, 1.807) is 23.6 Å². The van der Waals surface area contributed by atoms with Crippen LogP contribution in [0.25, 0.3) is 11.3 Å². The molecule has 1 aliphatic heterocycles. The highest BCUT2D eigenvalue weighted by Gasteiger charge is 2.17. The van der Waals surface area contributed by atoms with Gasteiger partial charge in [0.15, 0.2) is 22.2 Å². The molecule has 28 heavy (non-hydrogen) atoms. The Morgan fingerprint density at radius 2 is 2.11 bits per heavy atom. The first kappa shape index (κ1) is 17.4. The Morgan fingerprint density at radius 3 is 2.93 bits per heavy atom. The van der Waals surface area contributed by atoms with Gasteiger partial charge in [-0.1, -0.05) is 12.1 Å². The number of nitriles is 1. The van der Waals surface area contributed by atoms with Gasteiger partial charge in [0.2, 0.25) is 6.79 Å². The van der Waals surface area contributed by atoms with E-state index in [9.17, 15) is 15.4 Å². The quantitative estimate of drug-likeness (QED) is 0.397. The number of hydrazone groups is 1. The zero-order valence-corrected chi connectivity index (χ0v) is 15.0. The third-order valence-electron chi connectivity index (χ3n) is 3.87. The number of ether oxygens (including phenoxy) is 2. The number of aromatic nitrogens is 1. The van der Waals surface area contributed by atoms with Crippen LogP contribution in [-0.4, -0.2) is 22.4 Å². The highest BCUT2D eigenvalue weighted by molar-refractivity contribution is 7.12. The number of fused-ring (bicyclic) bond motifs is 1. The monoisotopic (exact) mass is 393 g/mol. The lowest BCUT2D eigenvalue weighted by Crippen LogP contribution is -2.03. The number of nitrogens with zero attached hydrogens (tertiary/aromatic N) is 4. The second-order valence-electron chi connectivity index (χ2n) is 5.56. The Labute approximate surface area is 162 Å². The minimum atomic E-state index is -0.523. The lowest BCUT2D eigenvalue weighted by atomic mass is 10.1. The number of thiazole rings is 1. The van der Waals surface area contributed by atoms with Crippen LogP contribution in [0.15, 0.2) is 52.9 Å². The van der Waals surface area contributed by atoms with Crippen molar-refractivity contribution in [3.05, 3.63) is 63.0 Å². The average molecular weight is 393 g/mol. The van der Waals surface area contributed by atoms with Gasteiger partial charge in [0.25, 0.3) is 5.69 Å². The molecule has 0 amide bonds. The third kappa shape index (κ3) is 3.34. The summed E-state index contributed by atoms with van der Waals surface area (Å²) < 4.78 is 10.7. The lowest BCUT2D eigenvalue weighted by Gasteiger charge is -2.02. The fraction of sp³-hybridized carbons (Fsp3) is 0.0556. The van der Waals surface area contributed by atoms with Gasteiger partial charge >= 0.3 is 0 Å². The van der Waals surface area contributed by atoms with Crippen LogP contribution >= 0.6 is 11.3 Å². The standard InChI is InChI=1S/C18H11N5O4S/c19-8-13(22-21-12-3-1-2-4-15(12)23(24)25)18-20-14(9-28-18)11-5-6-16-17(7-11)27-10-26-16/h1-7,9,21H,10H2/b22-13+. The number of nitrogens with one attached hydrogen (secondary N) is 1. The van der Waals surface area contributed by atoms with E-state index < -0.39 is 4.92 Å². The Bertz CT molecular complexity index is 1130. The Hall–Kier alpha value is -3.97. The summed E-state index contributed by atoms with van der Waals surface area (Å²) >= 11 is 1.25. The number of para-hydroxylation sites is 2. The summed E-state index contributed by atoms with van der Waals surface area (Å²) in [4.78, 5) is 15.0. The van der Waals surface area contributed by atoms with E-state index >= 15 is 0 Å². The van der Waals surface area contributed by atoms with E-state index in [-0.39, 0.29) is 23.9 Å². The highest BCUT2D eigenvalue weighted by Crippen LogP contribution is 2.36. The van der Waals surface area contributed by atoms with Gasteiger partial charge < -0.3 is 9.47 Å². The van der Waals surface area contributed by atoms with Crippen molar-refractivity contribution in [2.24, 2.45) is 5.10 Å². The van der Waals surface area contributed by atoms with Crippen LogP contribution in [-0.2, 0) is 0 Å². The average Bonchev–Trinajstić information content (AvgIpc) is 3.37. The van der Waals surface area contributed by atoms with Crippen molar-refractivity contribution in [3.8, 4) is 28.8 Å². The molecule has 0 aliphatic carbocycles. The van der Waals surface area contributed by atoms with Crippen molar-refractivity contribution in [3.63, 3.8) is 0 Å². The van der Waals surface area contributed by atoms with Crippen LogP contribution in [0.4, 0.5) is 11.4 Å². The molecule has 0 bridgehead atoms. The van der Waals surface area contributed by atoms with Crippen LogP contribution in [0, 0.1) is 21.4 Å². The molecule has 4 rings (SSSR count). The minimum Gasteiger partial charge on any atom is -0.454 e. The summed E-state index contributed by atoms with van der Waals surface area (Å²) in [6.07, 6.45) is 0. The van der Waals surface area contributed by atoms with Gasteiger partial charge in [0.1, 0.15) is 11.8 Å². The Morgan fingerprint density at radius 1 is 1.29 bits per heavy atom. The first-order chi connectivity index (χ1) is 13.7. The molecule has 0 saturated carbocycles. The number of hydrogen-bond acceptors (Lipinski definition) is 9. The molecule has 138 valence electrons. The molecule has 0 unspecified atom stereocenters. The number of benzene rings is 2. The predicted octanol–water partition coefficient (Wildman–Crippen LogP) is 3.79. The van der Waals surface area contributed by atoms with E-state index in [4.69, 9.17) is 9.47 Å². The van der Waals surface area contributed by atoms with Gasteiger partial charge in [0, 0.05) is 17.0 Å². The largest absolute Gasteiger partial charge is 0.454 e. The number of nitro benzene ring substituents is 1. The van der Waals surface area contributed by atoms with E-state index in [2.05, 4.69) is 15.5 Å². The van der Waals surface area contributed by atoms with E-state index in [0.29, 0.717) is 22.2 Å². The zero-order valence-electron chi connectivity index (χ0n) is 14.2. The number of rotatable bonds is 5. The molecule has 1 aliphatic rings. The molecular formula is C18H11N5O4S. The van der Waals surface area contributed by atoms with Gasteiger partial charge in [-0.05, 0) is 24.3 Å². The maximum absolute atomic E-state index is 11.1. The van der Waals surface area contributed by atoms with Crippen molar-refractivity contribution in [1.29, 1.82) is 5.26 Å². The molecule has 0 atom stereocenters. The van der Waals surface area contributed by atoms with Gasteiger partial charge in [-0.15, -0.1) is 11.3 Å². The highest BCUT2D eigenvalue weighted by atomic mass is 32.1. The topological polar surface area (TPSA) is 123 Å². The molecule has 10 heteroatoms. The Balaban J connectivity index is 1.59. The minimum absolute atomic E-state index is 0.0233. The molecule has 9 nitrogen and oxygen atoms in total. The van der Waals surface area contributed by atoms with Crippen molar-refractivity contribution in [2.75, 3.05) is 12.2 Å². The molecule has 1 N–H and O–H groups in total. The van der Waals surface area contributed by atoms with Crippen LogP contribution in [0.2, 0.25) is 0 Å². The van der Waals surface area contributed by atoms with Gasteiger partial charge in [-0.25, -0.2) is 4.98 Å². The molecular weight excluding hydrogens is 382 g/mol. The lowest BCUT2D eigenvalue weighted by molar-refractivity contribution is -0.384. The maximum Gasteiger partial charge on any atom is 0.294 e. The molecule has 0 radical (unpaired) electrons. The van der Waals surface area contributed by atoms with Crippen LogP contribution in [0.5, 0.6) is 11.5 Å². The molecule has 1 aromatic heterocycles. The zero-order chi connectivity index (χ0) is 19.5. The molecule has 2 aromatic carbocycles. The number of hydrogen-bond donors (Lipinski definition) is 1. The normalized spacial score (nSPS) is 12.5. The summed E-state index contributed by atoms with van der Waals surface area (Å²) in [6, 6.07) is 13.5. The summed E-state index contributed by atoms with van der Waals surface area (Å²) in [6.45, 7) is 0.184. The number of nitro groups is 1. The smallest absolute Gasteiger partial charge is 0.294 e. The van der Waals surface area contributed by atoms with E-state index in [1.807, 2.05) is 18.2 Å². The van der Waals surface area contributed by atoms with E-state index in [0.717, 1.165) is 5.56 Å². The Kier molecular flexibility index (Phi) is 4.57. The third-order valence-corrected chi connectivity index (χ3v) is 4.72. The van der Waals surface area contributed by atoms with Gasteiger partial charge in [-0.2, -0.15) is 10.4 Å². The SMILES string of the molecule is N#C/C(=N\Nc1ccccc1[N+](=O)[O-])c1nc(-c2ccc3c(c2)OCO3)cs1. The summed E-state index contributed by atoms with van der Waals surface area (Å²) in [7, 11) is 0. The van der Waals surface area contributed by atoms with Crippen molar-refractivity contribution < 1.29 is 14.4 Å². The molecule has 0 spiro atoms. The second-order valence-corrected chi connectivity index (χ2v) is 6.42. The molecule has 2 heterocycles. The van der Waals surface area contributed by atoms with Crippen LogP contribution < -0.4 is 14.9 Å². The molecule has 3 aromatic rings. The molecule has 0 saturated heterocycles. The van der Waals surface area contributed by atoms with Gasteiger partial charge in [0.05, 0.1) is 10.6 Å². The second kappa shape index (κ2) is 7.34. The van der Waals surface area contributed by atoms with Crippen LogP contribution in [0.1, 0.15) is 5.01 Å². The fourth-order valence-corrected chi connectivity index (χ4v) is 3.30. The first-order valence-corrected chi connectivity index (χ1v) is 8.87. The summed E-state index contributed by atoms with van der Waals surface area (Å²) in [5.41, 5.74) is 4.13. The van der Waals surface area contributed by atoms with Crippen molar-refractivity contribution >= 4 is 28.4 Å². The first-order valence-electron chi connectivity index (χ1n) is 7.99. The van der Waals surface area contributed by atoms with Crippen molar-refractivity contribution in [2.45, 2.75) is 0 Å². The van der Waals surface area contributed by atoms with Gasteiger partial charge in [-0.3, -0.25) is 15.5 Å². The van der Waals surface area contributed by atoms with Crippen molar-refractivity contribution in [1.82, 2.24) is 4.98 Å². The summed E-state index contributed by atoms with van der Waals surface area (Å²) in [5.74, 6) is 1.31. The summed E-state index contributed by atoms with van der Waals surface area (Å²) in [5, 5.41) is 26.7.